The average Bonchev–Trinajstić information content (AvgIpc) is 2.98. The summed E-state index contributed by atoms with van der Waals surface area (Å²) in [5.41, 5.74) is 2.24. The van der Waals surface area contributed by atoms with Crippen molar-refractivity contribution in [3.8, 4) is 22.8 Å². The van der Waals surface area contributed by atoms with Gasteiger partial charge in [-0.15, -0.1) is 11.3 Å². The van der Waals surface area contributed by atoms with Crippen molar-refractivity contribution in [1.29, 1.82) is 0 Å². The van der Waals surface area contributed by atoms with E-state index in [0.29, 0.717) is 21.5 Å². The Labute approximate surface area is 177 Å². The van der Waals surface area contributed by atoms with Crippen LogP contribution < -0.4 is 0 Å². The van der Waals surface area contributed by atoms with E-state index in [1.54, 1.807) is 0 Å². The molecule has 0 unspecified atom stereocenters. The number of phenols is 1. The highest BCUT2D eigenvalue weighted by Crippen LogP contribution is 2.42. The van der Waals surface area contributed by atoms with E-state index in [1.165, 1.54) is 17.4 Å². The quantitative estimate of drug-likeness (QED) is 0.250. The molecule has 1 heterocycles. The standard InChI is InChI=1S/C21H22N2O4S2/c1-4-21(2,3)15-10-14(11-16(18(15)24)23(26)27)13-7-5-6-12(8-13)9-17-19(25)22-20(28)29-17/h5-8,10-11,24-25H,4,9H2,1-3H3,(H,22,28). The van der Waals surface area contributed by atoms with Crippen molar-refractivity contribution >= 4 is 29.2 Å². The third-order valence-corrected chi connectivity index (χ3v) is 6.45. The van der Waals surface area contributed by atoms with E-state index >= 15 is 0 Å². The fraction of sp³-hybridized carbons (Fsp3) is 0.286. The lowest BCUT2D eigenvalue weighted by molar-refractivity contribution is -0.385. The van der Waals surface area contributed by atoms with Gasteiger partial charge in [-0.3, -0.25) is 10.1 Å². The zero-order chi connectivity index (χ0) is 21.3. The van der Waals surface area contributed by atoms with Crippen molar-refractivity contribution in [2.45, 2.75) is 39.0 Å². The molecule has 0 atom stereocenters. The van der Waals surface area contributed by atoms with Crippen LogP contribution in [-0.2, 0) is 11.8 Å². The molecule has 0 saturated heterocycles. The number of H-pyrrole nitrogens is 1. The SMILES string of the molecule is CCC(C)(C)c1cc(-c2cccc(Cc3sc(=S)[nH]c3O)c2)cc([N+](=O)[O-])c1O. The zero-order valence-corrected chi connectivity index (χ0v) is 18.0. The summed E-state index contributed by atoms with van der Waals surface area (Å²) in [7, 11) is 0. The molecule has 0 saturated carbocycles. The molecule has 29 heavy (non-hydrogen) atoms. The summed E-state index contributed by atoms with van der Waals surface area (Å²) in [6.45, 7) is 5.89. The second-order valence-electron chi connectivity index (χ2n) is 7.55. The molecule has 2 aromatic carbocycles. The number of nitrogens with one attached hydrogen (secondary N) is 1. The molecule has 1 aromatic heterocycles. The third-order valence-electron chi connectivity index (χ3n) is 5.22. The van der Waals surface area contributed by atoms with Crippen molar-refractivity contribution in [3.63, 3.8) is 0 Å². The summed E-state index contributed by atoms with van der Waals surface area (Å²) in [5, 5.41) is 32.0. The smallest absolute Gasteiger partial charge is 0.311 e. The number of rotatable bonds is 6. The van der Waals surface area contributed by atoms with Crippen LogP contribution in [0.4, 0.5) is 5.69 Å². The molecule has 152 valence electrons. The summed E-state index contributed by atoms with van der Waals surface area (Å²) in [6.07, 6.45) is 1.21. The average molecular weight is 431 g/mol. The summed E-state index contributed by atoms with van der Waals surface area (Å²) in [6, 6.07) is 10.8. The predicted octanol–water partition coefficient (Wildman–Crippen LogP) is 6.07. The summed E-state index contributed by atoms with van der Waals surface area (Å²) in [5.74, 6) is -0.212. The van der Waals surface area contributed by atoms with Crippen LogP contribution in [0, 0.1) is 14.1 Å². The van der Waals surface area contributed by atoms with Crippen LogP contribution in [0.5, 0.6) is 11.6 Å². The number of hydrogen-bond acceptors (Lipinski definition) is 6. The van der Waals surface area contributed by atoms with Gasteiger partial charge < -0.3 is 15.2 Å². The van der Waals surface area contributed by atoms with Gasteiger partial charge in [-0.1, -0.05) is 45.0 Å². The summed E-state index contributed by atoms with van der Waals surface area (Å²) < 4.78 is 0.509. The van der Waals surface area contributed by atoms with Gasteiger partial charge in [-0.05, 0) is 46.8 Å². The molecule has 0 spiro atoms. The largest absolute Gasteiger partial charge is 0.502 e. The Morgan fingerprint density at radius 2 is 1.93 bits per heavy atom. The Hall–Kier alpha value is -2.71. The molecule has 3 aromatic rings. The number of aromatic hydroxyl groups is 2. The van der Waals surface area contributed by atoms with Gasteiger partial charge in [0, 0.05) is 18.1 Å². The van der Waals surface area contributed by atoms with Crippen LogP contribution in [0.25, 0.3) is 11.1 Å². The fourth-order valence-electron chi connectivity index (χ4n) is 3.15. The van der Waals surface area contributed by atoms with E-state index in [9.17, 15) is 20.3 Å². The molecule has 0 aliphatic heterocycles. The minimum atomic E-state index is -0.553. The van der Waals surface area contributed by atoms with Crippen molar-refractivity contribution in [1.82, 2.24) is 4.98 Å². The summed E-state index contributed by atoms with van der Waals surface area (Å²) in [4.78, 5) is 14.4. The first-order valence-electron chi connectivity index (χ1n) is 9.14. The van der Waals surface area contributed by atoms with Gasteiger partial charge in [0.1, 0.15) is 0 Å². The Morgan fingerprint density at radius 3 is 2.52 bits per heavy atom. The molecular weight excluding hydrogens is 408 g/mol. The van der Waals surface area contributed by atoms with Gasteiger partial charge in [0.05, 0.1) is 9.80 Å². The van der Waals surface area contributed by atoms with Crippen molar-refractivity contribution in [2.75, 3.05) is 0 Å². The Morgan fingerprint density at radius 1 is 1.21 bits per heavy atom. The van der Waals surface area contributed by atoms with Crippen LogP contribution in [0.3, 0.4) is 0 Å². The van der Waals surface area contributed by atoms with E-state index in [0.717, 1.165) is 22.4 Å². The summed E-state index contributed by atoms with van der Waals surface area (Å²) >= 11 is 6.38. The van der Waals surface area contributed by atoms with Gasteiger partial charge >= 0.3 is 5.69 Å². The van der Waals surface area contributed by atoms with Crippen LogP contribution in [0.2, 0.25) is 0 Å². The van der Waals surface area contributed by atoms with E-state index in [2.05, 4.69) is 4.98 Å². The topological polar surface area (TPSA) is 99.4 Å². The molecule has 0 amide bonds. The maximum absolute atomic E-state index is 11.5. The van der Waals surface area contributed by atoms with Gasteiger partial charge in [-0.2, -0.15) is 0 Å². The van der Waals surface area contributed by atoms with E-state index < -0.39 is 10.3 Å². The molecule has 0 bridgehead atoms. The Bertz CT molecular complexity index is 1130. The molecular formula is C21H22N2O4S2. The first-order valence-corrected chi connectivity index (χ1v) is 10.4. The van der Waals surface area contributed by atoms with Crippen molar-refractivity contribution in [3.05, 3.63) is 66.5 Å². The van der Waals surface area contributed by atoms with Crippen molar-refractivity contribution in [2.24, 2.45) is 0 Å². The molecule has 0 aliphatic rings. The lowest BCUT2D eigenvalue weighted by Gasteiger charge is -2.25. The Kier molecular flexibility index (Phi) is 5.77. The predicted molar refractivity (Wildman–Crippen MR) is 117 cm³/mol. The first kappa shape index (κ1) is 21.0. The normalized spacial score (nSPS) is 11.6. The zero-order valence-electron chi connectivity index (χ0n) is 16.4. The van der Waals surface area contributed by atoms with Gasteiger partial charge in [0.15, 0.2) is 9.70 Å². The molecule has 0 aliphatic carbocycles. The monoisotopic (exact) mass is 430 g/mol. The van der Waals surface area contributed by atoms with Crippen molar-refractivity contribution < 1.29 is 15.1 Å². The molecule has 0 radical (unpaired) electrons. The first-order chi connectivity index (χ1) is 13.6. The number of nitro benzene ring substituents is 1. The molecule has 3 rings (SSSR count). The molecule has 0 fully saturated rings. The minimum Gasteiger partial charge on any atom is -0.502 e. The lowest BCUT2D eigenvalue weighted by atomic mass is 9.80. The number of thiazole rings is 1. The van der Waals surface area contributed by atoms with Crippen LogP contribution in [0.1, 0.15) is 43.2 Å². The number of phenolic OH excluding ortho intramolecular Hbond substituents is 1. The third kappa shape index (κ3) is 4.33. The van der Waals surface area contributed by atoms with Gasteiger partial charge in [-0.25, -0.2) is 0 Å². The van der Waals surface area contributed by atoms with Gasteiger partial charge in [0.25, 0.3) is 0 Å². The van der Waals surface area contributed by atoms with Gasteiger partial charge in [0.2, 0.25) is 5.88 Å². The maximum Gasteiger partial charge on any atom is 0.311 e. The fourth-order valence-corrected chi connectivity index (χ4v) is 4.31. The number of nitro groups is 1. The highest BCUT2D eigenvalue weighted by Gasteiger charge is 2.28. The van der Waals surface area contributed by atoms with E-state index in [4.69, 9.17) is 12.2 Å². The van der Waals surface area contributed by atoms with Crippen LogP contribution in [0.15, 0.2) is 36.4 Å². The lowest BCUT2D eigenvalue weighted by Crippen LogP contribution is -2.16. The Balaban J connectivity index is 2.09. The molecule has 3 N–H and O–H groups in total. The highest BCUT2D eigenvalue weighted by atomic mass is 32.1. The minimum absolute atomic E-state index is 0.0673. The maximum atomic E-state index is 11.5. The van der Waals surface area contributed by atoms with Crippen LogP contribution >= 0.6 is 23.6 Å². The van der Waals surface area contributed by atoms with E-state index in [1.807, 2.05) is 51.1 Å². The molecule has 8 heteroatoms. The number of aromatic nitrogens is 1. The van der Waals surface area contributed by atoms with Crippen LogP contribution in [-0.4, -0.2) is 20.1 Å². The number of nitrogens with zero attached hydrogens (tertiary/aromatic N) is 1. The van der Waals surface area contributed by atoms with E-state index in [-0.39, 0.29) is 17.3 Å². The number of aromatic amines is 1. The second kappa shape index (κ2) is 7.96. The number of hydrogen-bond donors (Lipinski definition) is 3. The molecule has 6 nitrogen and oxygen atoms in total. The number of benzene rings is 2. The highest BCUT2D eigenvalue weighted by molar-refractivity contribution is 7.73. The second-order valence-corrected chi connectivity index (χ2v) is 9.32.